The van der Waals surface area contributed by atoms with Gasteiger partial charge in [-0.15, -0.1) is 0 Å². The van der Waals surface area contributed by atoms with Crippen LogP contribution in [0, 0.1) is 46.3 Å². The summed E-state index contributed by atoms with van der Waals surface area (Å²) in [4.78, 5) is 81.4. The summed E-state index contributed by atoms with van der Waals surface area (Å²) in [5.41, 5.74) is -2.02. The average molecular weight is 717 g/mol. The van der Waals surface area contributed by atoms with Crippen LogP contribution < -0.4 is 5.32 Å². The third-order valence-electron chi connectivity index (χ3n) is 13.4. The fraction of sp³-hybridized carbons (Fsp3) is 0.846. The van der Waals surface area contributed by atoms with Gasteiger partial charge in [-0.1, -0.05) is 20.8 Å². The zero-order chi connectivity index (χ0) is 37.6. The lowest BCUT2D eigenvalue weighted by Crippen LogP contribution is -2.71. The van der Waals surface area contributed by atoms with Crippen molar-refractivity contribution < 1.29 is 47.7 Å². The normalized spacial score (nSPS) is 38.0. The minimum Gasteiger partial charge on any atom is -0.469 e. The summed E-state index contributed by atoms with van der Waals surface area (Å²) in [6, 6.07) is -1.68. The number of likely N-dealkylation sites (tertiary alicyclic amines) is 1. The number of esters is 3. The minimum absolute atomic E-state index is 0.0201. The van der Waals surface area contributed by atoms with Crippen LogP contribution in [0.4, 0.5) is 4.79 Å². The number of amides is 2. The molecule has 5 rings (SSSR count). The lowest BCUT2D eigenvalue weighted by atomic mass is 9.42. The van der Waals surface area contributed by atoms with Gasteiger partial charge in [0.25, 0.3) is 0 Å². The van der Waals surface area contributed by atoms with Gasteiger partial charge < -0.3 is 24.3 Å². The molecule has 0 bridgehead atoms. The van der Waals surface area contributed by atoms with Crippen molar-refractivity contribution in [2.75, 3.05) is 13.7 Å². The van der Waals surface area contributed by atoms with Crippen LogP contribution in [0.2, 0.25) is 0 Å². The number of hydrogen-bond donors (Lipinski definition) is 1. The van der Waals surface area contributed by atoms with E-state index in [2.05, 4.69) is 19.2 Å². The van der Waals surface area contributed by atoms with Gasteiger partial charge >= 0.3 is 24.0 Å². The lowest BCUT2D eigenvalue weighted by molar-refractivity contribution is -0.203. The van der Waals surface area contributed by atoms with Gasteiger partial charge in [0, 0.05) is 38.1 Å². The van der Waals surface area contributed by atoms with Crippen molar-refractivity contribution in [3.8, 4) is 0 Å². The number of carbonyl (C=O) groups excluding carboxylic acids is 6. The number of ether oxygens (including phenoxy) is 4. The molecule has 0 unspecified atom stereocenters. The van der Waals surface area contributed by atoms with Crippen LogP contribution in [0.25, 0.3) is 0 Å². The van der Waals surface area contributed by atoms with Gasteiger partial charge in [0.1, 0.15) is 23.9 Å². The fourth-order valence-corrected chi connectivity index (χ4v) is 11.3. The highest BCUT2D eigenvalue weighted by Gasteiger charge is 2.70. The van der Waals surface area contributed by atoms with Gasteiger partial charge in [0.05, 0.1) is 13.2 Å². The molecule has 12 nitrogen and oxygen atoms in total. The van der Waals surface area contributed by atoms with E-state index in [1.54, 1.807) is 20.8 Å². The van der Waals surface area contributed by atoms with Gasteiger partial charge in [-0.25, -0.2) is 4.79 Å². The predicted octanol–water partition coefficient (Wildman–Crippen LogP) is 5.38. The zero-order valence-corrected chi connectivity index (χ0v) is 32.1. The number of methoxy groups -OCH3 is 1. The van der Waals surface area contributed by atoms with E-state index in [0.717, 1.165) is 12.8 Å². The topological polar surface area (TPSA) is 155 Å². The maximum atomic E-state index is 15.4. The molecule has 0 aromatic carbocycles. The highest BCUT2D eigenvalue weighted by Crippen LogP contribution is 2.68. The Morgan fingerprint density at radius 2 is 1.67 bits per heavy atom. The highest BCUT2D eigenvalue weighted by molar-refractivity contribution is 5.96. The first-order valence-corrected chi connectivity index (χ1v) is 19.1. The van der Waals surface area contributed by atoms with Crippen molar-refractivity contribution in [2.24, 2.45) is 46.3 Å². The first-order valence-electron chi connectivity index (χ1n) is 19.1. The van der Waals surface area contributed by atoms with E-state index in [1.807, 2.05) is 6.92 Å². The summed E-state index contributed by atoms with van der Waals surface area (Å²) in [6.45, 7) is 14.9. The SMILES string of the molecule is COC(=O)CC[C@@H](C)[C@H]1CC[C@H]2[C@H]3[C@H]([C@H](NC(=O)[C@H]4CCCN4C(=O)OC(C)(C)C)C(=O)[C@]12C)[C@@]1(C)CC[C@@H](OC(C)=O)C[C@H]1C[C@H]3OC(C)=O. The smallest absolute Gasteiger partial charge is 0.410 e. The average Bonchev–Trinajstić information content (AvgIpc) is 3.67. The second kappa shape index (κ2) is 14.7. The first kappa shape index (κ1) is 39.0. The van der Waals surface area contributed by atoms with Gasteiger partial charge in [0.15, 0.2) is 5.78 Å². The zero-order valence-electron chi connectivity index (χ0n) is 32.1. The molecule has 5 fully saturated rings. The number of nitrogens with zero attached hydrogens (tertiary/aromatic N) is 1. The van der Waals surface area contributed by atoms with Crippen molar-refractivity contribution in [1.82, 2.24) is 10.2 Å². The Kier molecular flexibility index (Phi) is 11.2. The molecule has 1 saturated heterocycles. The van der Waals surface area contributed by atoms with Gasteiger partial charge in [-0.2, -0.15) is 0 Å². The van der Waals surface area contributed by atoms with E-state index in [0.29, 0.717) is 51.5 Å². The molecular formula is C39H60N2O10. The van der Waals surface area contributed by atoms with E-state index >= 15 is 4.79 Å². The molecule has 286 valence electrons. The molecule has 12 atom stereocenters. The Bertz CT molecular complexity index is 1390. The number of fused-ring (bicyclic) bond motifs is 5. The molecule has 0 radical (unpaired) electrons. The molecule has 0 spiro atoms. The van der Waals surface area contributed by atoms with E-state index in [9.17, 15) is 24.0 Å². The lowest BCUT2D eigenvalue weighted by Gasteiger charge is -2.64. The van der Waals surface area contributed by atoms with Gasteiger partial charge in [-0.05, 0) is 114 Å². The van der Waals surface area contributed by atoms with E-state index in [1.165, 1.54) is 25.9 Å². The molecule has 0 aromatic rings. The van der Waals surface area contributed by atoms with Crippen molar-refractivity contribution in [3.63, 3.8) is 0 Å². The number of Topliss-reactive ketones (excluding diaryl/α,β-unsaturated/α-hetero) is 1. The predicted molar refractivity (Wildman–Crippen MR) is 186 cm³/mol. The van der Waals surface area contributed by atoms with Crippen LogP contribution in [0.1, 0.15) is 120 Å². The number of ketones is 1. The number of hydrogen-bond acceptors (Lipinski definition) is 10. The molecule has 0 aromatic heterocycles. The molecule has 12 heteroatoms. The molecular weight excluding hydrogens is 656 g/mol. The molecule has 1 N–H and O–H groups in total. The maximum absolute atomic E-state index is 15.4. The highest BCUT2D eigenvalue weighted by atomic mass is 16.6. The van der Waals surface area contributed by atoms with Gasteiger partial charge in [-0.3, -0.25) is 28.9 Å². The van der Waals surface area contributed by atoms with Crippen molar-refractivity contribution in [2.45, 2.75) is 149 Å². The largest absolute Gasteiger partial charge is 0.469 e. The summed E-state index contributed by atoms with van der Waals surface area (Å²) in [5, 5.41) is 3.25. The Hall–Kier alpha value is -3.18. The molecule has 5 aliphatic rings. The second-order valence-electron chi connectivity index (χ2n) is 17.5. The Balaban J connectivity index is 1.56. The molecule has 1 aliphatic heterocycles. The Labute approximate surface area is 302 Å². The molecule has 1 heterocycles. The third-order valence-corrected chi connectivity index (χ3v) is 13.4. The van der Waals surface area contributed by atoms with Crippen LogP contribution in [-0.2, 0) is 42.9 Å². The van der Waals surface area contributed by atoms with Crippen molar-refractivity contribution in [1.29, 1.82) is 0 Å². The number of carbonyl (C=O) groups is 6. The maximum Gasteiger partial charge on any atom is 0.410 e. The van der Waals surface area contributed by atoms with E-state index in [4.69, 9.17) is 18.9 Å². The van der Waals surface area contributed by atoms with E-state index < -0.39 is 46.7 Å². The second-order valence-corrected chi connectivity index (χ2v) is 17.5. The monoisotopic (exact) mass is 716 g/mol. The van der Waals surface area contributed by atoms with Crippen molar-refractivity contribution in [3.05, 3.63) is 0 Å². The summed E-state index contributed by atoms with van der Waals surface area (Å²) < 4.78 is 22.5. The minimum atomic E-state index is -0.894. The number of nitrogens with one attached hydrogen (secondary N) is 1. The van der Waals surface area contributed by atoms with Gasteiger partial charge in [0.2, 0.25) is 5.91 Å². The van der Waals surface area contributed by atoms with Crippen LogP contribution in [0.5, 0.6) is 0 Å². The third kappa shape index (κ3) is 7.52. The summed E-state index contributed by atoms with van der Waals surface area (Å²) >= 11 is 0. The molecule has 51 heavy (non-hydrogen) atoms. The Morgan fingerprint density at radius 3 is 2.29 bits per heavy atom. The van der Waals surface area contributed by atoms with Crippen LogP contribution >= 0.6 is 0 Å². The first-order chi connectivity index (χ1) is 23.8. The standard InChI is InChI=1S/C39H60N2O10/c1-21(12-15-30(44)48-9)26-13-14-27-31-29(50-23(3)43)20-24-19-25(49-22(2)42)16-17-38(24,7)32(31)33(34(45)39(26,27)8)40-35(46)28-11-10-18-41(28)36(47)51-37(4,5)6/h21,24-29,31-33H,10-20H2,1-9H3,(H,40,46)/t21-,24+,25-,26-,27+,28-,29-,31-,32-,33+,38+,39-/m1/s1. The van der Waals surface area contributed by atoms with Crippen LogP contribution in [0.15, 0.2) is 0 Å². The Morgan fingerprint density at radius 1 is 0.980 bits per heavy atom. The summed E-state index contributed by atoms with van der Waals surface area (Å²) in [5.74, 6) is -2.17. The fourth-order valence-electron chi connectivity index (χ4n) is 11.3. The molecule has 4 saturated carbocycles. The van der Waals surface area contributed by atoms with E-state index in [-0.39, 0.29) is 71.7 Å². The number of rotatable bonds is 8. The van der Waals surface area contributed by atoms with Crippen LogP contribution in [0.3, 0.4) is 0 Å². The summed E-state index contributed by atoms with van der Waals surface area (Å²) in [6.07, 6.45) is 4.58. The van der Waals surface area contributed by atoms with Crippen molar-refractivity contribution >= 4 is 35.7 Å². The van der Waals surface area contributed by atoms with Crippen LogP contribution in [-0.4, -0.2) is 84.1 Å². The molecule has 4 aliphatic carbocycles. The summed E-state index contributed by atoms with van der Waals surface area (Å²) in [7, 11) is 1.37. The molecule has 2 amide bonds. The quantitative estimate of drug-likeness (QED) is 0.256.